The summed E-state index contributed by atoms with van der Waals surface area (Å²) in [5.41, 5.74) is 1.27. The van der Waals surface area contributed by atoms with Gasteiger partial charge in [-0.2, -0.15) is 5.10 Å². The van der Waals surface area contributed by atoms with Crippen molar-refractivity contribution in [3.05, 3.63) is 18.0 Å². The Labute approximate surface area is 130 Å². The molecule has 0 radical (unpaired) electrons. The zero-order chi connectivity index (χ0) is 15.1. The molecule has 1 aromatic rings. The van der Waals surface area contributed by atoms with Crippen LogP contribution in [0.4, 0.5) is 0 Å². The molecule has 1 N–H and O–H groups in total. The average molecular weight is 291 g/mol. The summed E-state index contributed by atoms with van der Waals surface area (Å²) in [6.45, 7) is 7.98. The van der Waals surface area contributed by atoms with Crippen LogP contribution in [0.1, 0.15) is 77.5 Å². The van der Waals surface area contributed by atoms with Gasteiger partial charge in [-0.15, -0.1) is 0 Å². The van der Waals surface area contributed by atoms with E-state index in [0.29, 0.717) is 12.1 Å². The zero-order valence-electron chi connectivity index (χ0n) is 14.1. The third kappa shape index (κ3) is 4.57. The fourth-order valence-corrected chi connectivity index (χ4v) is 3.68. The van der Waals surface area contributed by atoms with Gasteiger partial charge < -0.3 is 5.32 Å². The van der Waals surface area contributed by atoms with E-state index >= 15 is 0 Å². The molecule has 1 aliphatic rings. The molecule has 120 valence electrons. The van der Waals surface area contributed by atoms with Gasteiger partial charge in [0.25, 0.3) is 0 Å². The van der Waals surface area contributed by atoms with Crippen molar-refractivity contribution in [2.24, 2.45) is 5.92 Å². The molecular formula is C18H33N3. The Morgan fingerprint density at radius 1 is 1.24 bits per heavy atom. The number of nitrogens with one attached hydrogen (secondary N) is 1. The zero-order valence-corrected chi connectivity index (χ0v) is 14.1. The maximum Gasteiger partial charge on any atom is 0.0640 e. The molecular weight excluding hydrogens is 258 g/mol. The molecule has 1 fully saturated rings. The topological polar surface area (TPSA) is 29.9 Å². The van der Waals surface area contributed by atoms with Gasteiger partial charge in [-0.1, -0.05) is 46.5 Å². The summed E-state index contributed by atoms with van der Waals surface area (Å²) in [6, 6.07) is 3.47. The van der Waals surface area contributed by atoms with Crippen molar-refractivity contribution in [1.82, 2.24) is 15.1 Å². The molecule has 3 heteroatoms. The Morgan fingerprint density at radius 2 is 1.95 bits per heavy atom. The van der Waals surface area contributed by atoms with E-state index in [1.807, 2.05) is 0 Å². The largest absolute Gasteiger partial charge is 0.313 e. The summed E-state index contributed by atoms with van der Waals surface area (Å²) in [6.07, 6.45) is 12.3. The molecule has 0 aromatic carbocycles. The first-order valence-electron chi connectivity index (χ1n) is 9.05. The fourth-order valence-electron chi connectivity index (χ4n) is 3.68. The summed E-state index contributed by atoms with van der Waals surface area (Å²) < 4.78 is 2.23. The van der Waals surface area contributed by atoms with Gasteiger partial charge in [0.2, 0.25) is 0 Å². The molecule has 0 aliphatic heterocycles. The van der Waals surface area contributed by atoms with Gasteiger partial charge in [0.15, 0.2) is 0 Å². The van der Waals surface area contributed by atoms with Gasteiger partial charge in [-0.05, 0) is 37.8 Å². The maximum absolute atomic E-state index is 4.87. The van der Waals surface area contributed by atoms with Gasteiger partial charge in [0.1, 0.15) is 0 Å². The molecule has 0 spiro atoms. The van der Waals surface area contributed by atoms with Crippen LogP contribution in [0.3, 0.4) is 0 Å². The number of aromatic nitrogens is 2. The second-order valence-corrected chi connectivity index (χ2v) is 6.57. The number of hydrogen-bond acceptors (Lipinski definition) is 2. The monoisotopic (exact) mass is 291 g/mol. The summed E-state index contributed by atoms with van der Waals surface area (Å²) >= 11 is 0. The lowest BCUT2D eigenvalue weighted by atomic mass is 9.91. The van der Waals surface area contributed by atoms with E-state index in [-0.39, 0.29) is 0 Å². The third-order valence-corrected chi connectivity index (χ3v) is 5.07. The van der Waals surface area contributed by atoms with Crippen LogP contribution in [0, 0.1) is 5.92 Å². The molecule has 1 unspecified atom stereocenters. The predicted octanol–water partition coefficient (Wildman–Crippen LogP) is 4.35. The van der Waals surface area contributed by atoms with E-state index < -0.39 is 0 Å². The van der Waals surface area contributed by atoms with E-state index in [1.54, 1.807) is 0 Å². The highest BCUT2D eigenvalue weighted by atomic mass is 15.3. The van der Waals surface area contributed by atoms with E-state index in [4.69, 9.17) is 5.10 Å². The van der Waals surface area contributed by atoms with Crippen molar-refractivity contribution in [2.45, 2.75) is 84.2 Å². The predicted molar refractivity (Wildman–Crippen MR) is 89.6 cm³/mol. The van der Waals surface area contributed by atoms with Crippen LogP contribution in [0.25, 0.3) is 0 Å². The smallest absolute Gasteiger partial charge is 0.0640 e. The molecule has 1 aliphatic carbocycles. The highest BCUT2D eigenvalue weighted by molar-refractivity contribution is 5.03. The van der Waals surface area contributed by atoms with Crippen LogP contribution in [0.2, 0.25) is 0 Å². The summed E-state index contributed by atoms with van der Waals surface area (Å²) in [5, 5.41) is 8.62. The minimum Gasteiger partial charge on any atom is -0.313 e. The van der Waals surface area contributed by atoms with Gasteiger partial charge in [-0.25, -0.2) is 0 Å². The molecule has 21 heavy (non-hydrogen) atoms. The normalized spacial score (nSPS) is 17.7. The van der Waals surface area contributed by atoms with Crippen molar-refractivity contribution >= 4 is 0 Å². The fraction of sp³-hybridized carbons (Fsp3) is 0.833. The van der Waals surface area contributed by atoms with Crippen molar-refractivity contribution in [2.75, 3.05) is 6.54 Å². The Hall–Kier alpha value is -0.830. The van der Waals surface area contributed by atoms with E-state index in [9.17, 15) is 0 Å². The minimum atomic E-state index is 0.576. The van der Waals surface area contributed by atoms with Crippen molar-refractivity contribution < 1.29 is 0 Å². The Morgan fingerprint density at radius 3 is 2.57 bits per heavy atom. The van der Waals surface area contributed by atoms with E-state index in [1.165, 1.54) is 50.6 Å². The van der Waals surface area contributed by atoms with Crippen LogP contribution in [0.5, 0.6) is 0 Å². The highest BCUT2D eigenvalue weighted by Crippen LogP contribution is 2.29. The van der Waals surface area contributed by atoms with E-state index in [0.717, 1.165) is 18.9 Å². The first-order chi connectivity index (χ1) is 10.3. The molecule has 1 aromatic heterocycles. The van der Waals surface area contributed by atoms with Crippen LogP contribution < -0.4 is 5.32 Å². The molecule has 0 bridgehead atoms. The maximum atomic E-state index is 4.87. The van der Waals surface area contributed by atoms with Crippen molar-refractivity contribution in [1.29, 1.82) is 0 Å². The lowest BCUT2D eigenvalue weighted by molar-refractivity contribution is 0.328. The minimum absolute atomic E-state index is 0.576. The Kier molecular flexibility index (Phi) is 6.75. The van der Waals surface area contributed by atoms with E-state index in [2.05, 4.69) is 43.0 Å². The molecule has 2 rings (SSSR count). The SMILES string of the molecule is CCCNC(Cc1ccn(C2CCCC2)n1)C(CC)CC. The Balaban J connectivity index is 1.98. The van der Waals surface area contributed by atoms with Crippen molar-refractivity contribution in [3.63, 3.8) is 0 Å². The van der Waals surface area contributed by atoms with Gasteiger partial charge >= 0.3 is 0 Å². The van der Waals surface area contributed by atoms with Crippen LogP contribution >= 0.6 is 0 Å². The third-order valence-electron chi connectivity index (χ3n) is 5.07. The number of hydrogen-bond donors (Lipinski definition) is 1. The quantitative estimate of drug-likeness (QED) is 0.733. The second kappa shape index (κ2) is 8.57. The van der Waals surface area contributed by atoms with Gasteiger partial charge in [-0.3, -0.25) is 4.68 Å². The molecule has 1 saturated carbocycles. The first-order valence-corrected chi connectivity index (χ1v) is 9.05. The van der Waals surface area contributed by atoms with Crippen LogP contribution in [-0.2, 0) is 6.42 Å². The molecule has 1 heterocycles. The Bertz CT molecular complexity index is 389. The summed E-state index contributed by atoms with van der Waals surface area (Å²) in [5.74, 6) is 0.758. The summed E-state index contributed by atoms with van der Waals surface area (Å²) in [4.78, 5) is 0. The molecule has 0 amide bonds. The highest BCUT2D eigenvalue weighted by Gasteiger charge is 2.21. The molecule has 0 saturated heterocycles. The lowest BCUT2D eigenvalue weighted by Crippen LogP contribution is -2.38. The number of nitrogens with zero attached hydrogens (tertiary/aromatic N) is 2. The van der Waals surface area contributed by atoms with Gasteiger partial charge in [0.05, 0.1) is 11.7 Å². The average Bonchev–Trinajstić information content (AvgIpc) is 3.16. The van der Waals surface area contributed by atoms with Gasteiger partial charge in [0, 0.05) is 18.7 Å². The molecule has 1 atom stereocenters. The van der Waals surface area contributed by atoms with Crippen LogP contribution in [0.15, 0.2) is 12.3 Å². The first kappa shape index (κ1) is 16.5. The van der Waals surface area contributed by atoms with Crippen molar-refractivity contribution in [3.8, 4) is 0 Å². The second-order valence-electron chi connectivity index (χ2n) is 6.57. The standard InChI is InChI=1S/C18H33N3/c1-4-12-19-18(15(5-2)6-3)14-16-11-13-21(20-16)17-9-7-8-10-17/h11,13,15,17-19H,4-10,12,14H2,1-3H3. The summed E-state index contributed by atoms with van der Waals surface area (Å²) in [7, 11) is 0. The van der Waals surface area contributed by atoms with Crippen LogP contribution in [-0.4, -0.2) is 22.4 Å². The molecule has 3 nitrogen and oxygen atoms in total. The number of rotatable bonds is 9. The lowest BCUT2D eigenvalue weighted by Gasteiger charge is -2.26.